The lowest BCUT2D eigenvalue weighted by Gasteiger charge is -2.23. The molecule has 2 aliphatic rings. The molecule has 2 aromatic rings. The van der Waals surface area contributed by atoms with Gasteiger partial charge in [-0.25, -0.2) is 4.79 Å². The minimum atomic E-state index is -0.807. The Morgan fingerprint density at radius 3 is 2.32 bits per heavy atom. The fourth-order valence-corrected chi connectivity index (χ4v) is 5.05. The van der Waals surface area contributed by atoms with Crippen molar-refractivity contribution < 1.29 is 24.1 Å². The average molecular weight is 466 g/mol. The summed E-state index contributed by atoms with van der Waals surface area (Å²) in [5, 5.41) is 18.4. The molecule has 0 spiro atoms. The van der Waals surface area contributed by atoms with Crippen LogP contribution < -0.4 is 14.2 Å². The zero-order chi connectivity index (χ0) is 24.1. The lowest BCUT2D eigenvalue weighted by molar-refractivity contribution is 0.148. The third-order valence-corrected chi connectivity index (χ3v) is 6.82. The lowest BCUT2D eigenvalue weighted by Crippen LogP contribution is -2.32. The number of nitriles is 1. The van der Waals surface area contributed by atoms with E-state index in [0.717, 1.165) is 38.0 Å². The molecule has 34 heavy (non-hydrogen) atoms. The molecule has 2 aromatic carbocycles. The Morgan fingerprint density at radius 1 is 1.06 bits per heavy atom. The summed E-state index contributed by atoms with van der Waals surface area (Å²) in [6.45, 7) is 4.14. The Kier molecular flexibility index (Phi) is 7.43. The van der Waals surface area contributed by atoms with E-state index in [0.29, 0.717) is 47.7 Å². The summed E-state index contributed by atoms with van der Waals surface area (Å²) in [5.74, 6) is 2.82. The fourth-order valence-electron chi connectivity index (χ4n) is 5.05. The molecular weight excluding hydrogens is 434 g/mol. The molecule has 4 rings (SSSR count). The number of carbonyl (C=O) groups is 1. The Labute approximate surface area is 200 Å². The third-order valence-electron chi connectivity index (χ3n) is 6.82. The van der Waals surface area contributed by atoms with Crippen molar-refractivity contribution in [1.82, 2.24) is 9.80 Å². The van der Waals surface area contributed by atoms with E-state index in [1.165, 1.54) is 0 Å². The largest absolute Gasteiger partial charge is 0.493 e. The smallest absolute Gasteiger partial charge is 0.407 e. The number of methoxy groups -OCH3 is 2. The molecule has 2 aliphatic heterocycles. The molecule has 180 valence electrons. The van der Waals surface area contributed by atoms with Crippen molar-refractivity contribution in [3.8, 4) is 23.3 Å². The number of hydrogen-bond acceptors (Lipinski definition) is 6. The first kappa shape index (κ1) is 23.7. The molecule has 0 radical (unpaired) electrons. The van der Waals surface area contributed by atoms with Crippen molar-refractivity contribution in [3.05, 3.63) is 53.6 Å². The zero-order valence-corrected chi connectivity index (χ0v) is 19.6. The zero-order valence-electron chi connectivity index (χ0n) is 19.6. The van der Waals surface area contributed by atoms with Gasteiger partial charge in [0, 0.05) is 32.2 Å². The van der Waals surface area contributed by atoms with Gasteiger partial charge < -0.3 is 29.1 Å². The van der Waals surface area contributed by atoms with Crippen LogP contribution in [0, 0.1) is 23.2 Å². The number of rotatable bonds is 9. The number of fused-ring (bicyclic) bond motifs is 1. The van der Waals surface area contributed by atoms with Crippen LogP contribution in [-0.4, -0.2) is 67.9 Å². The second kappa shape index (κ2) is 10.7. The summed E-state index contributed by atoms with van der Waals surface area (Å²) in [6, 6.07) is 15.2. The first-order valence-electron chi connectivity index (χ1n) is 11.6. The summed E-state index contributed by atoms with van der Waals surface area (Å²) in [5.41, 5.74) is 1.64. The second-order valence-corrected chi connectivity index (χ2v) is 8.97. The molecule has 8 heteroatoms. The molecule has 1 amide bonds. The number of benzene rings is 2. The van der Waals surface area contributed by atoms with E-state index in [1.54, 1.807) is 19.1 Å². The monoisotopic (exact) mass is 465 g/mol. The molecule has 0 bridgehead atoms. The predicted octanol–water partition coefficient (Wildman–Crippen LogP) is 4.02. The molecular formula is C26H31N3O5. The highest BCUT2D eigenvalue weighted by Gasteiger charge is 2.41. The number of amides is 1. The maximum absolute atomic E-state index is 11.2. The van der Waals surface area contributed by atoms with Crippen molar-refractivity contribution in [2.75, 3.05) is 46.9 Å². The average Bonchev–Trinajstić information content (AvgIpc) is 3.42. The van der Waals surface area contributed by atoms with Crippen LogP contribution in [0.3, 0.4) is 0 Å². The van der Waals surface area contributed by atoms with Gasteiger partial charge in [0.25, 0.3) is 0 Å². The summed E-state index contributed by atoms with van der Waals surface area (Å²) < 4.78 is 17.1. The van der Waals surface area contributed by atoms with E-state index < -0.39 is 6.09 Å². The Hall–Kier alpha value is -3.44. The second-order valence-electron chi connectivity index (χ2n) is 8.97. The molecule has 2 saturated heterocycles. The van der Waals surface area contributed by atoms with Crippen LogP contribution in [0.15, 0.2) is 42.5 Å². The topological polar surface area (TPSA) is 95.3 Å². The van der Waals surface area contributed by atoms with Gasteiger partial charge in [-0.2, -0.15) is 5.26 Å². The van der Waals surface area contributed by atoms with Gasteiger partial charge in [0.1, 0.15) is 11.9 Å². The van der Waals surface area contributed by atoms with E-state index in [4.69, 9.17) is 19.5 Å². The minimum absolute atomic E-state index is 0.171. The molecule has 0 aliphatic carbocycles. The van der Waals surface area contributed by atoms with Gasteiger partial charge in [-0.3, -0.25) is 0 Å². The van der Waals surface area contributed by atoms with E-state index in [9.17, 15) is 9.90 Å². The Morgan fingerprint density at radius 2 is 1.74 bits per heavy atom. The highest BCUT2D eigenvalue weighted by molar-refractivity contribution is 5.65. The molecule has 2 fully saturated rings. The third kappa shape index (κ3) is 5.37. The predicted molar refractivity (Wildman–Crippen MR) is 126 cm³/mol. The number of carboxylic acid groups (broad SMARTS) is 1. The summed E-state index contributed by atoms with van der Waals surface area (Å²) >= 11 is 0. The van der Waals surface area contributed by atoms with Crippen LogP contribution in [0.4, 0.5) is 4.79 Å². The van der Waals surface area contributed by atoms with Crippen molar-refractivity contribution >= 4 is 6.09 Å². The SMILES string of the molecule is COc1ccc(OC(CCCN2CC3CN(C(=O)O)CC3C2)c2ccc(C#N)cc2)cc1OC. The van der Waals surface area contributed by atoms with Crippen LogP contribution in [0.2, 0.25) is 0 Å². The number of nitrogens with zero attached hydrogens (tertiary/aromatic N) is 3. The number of hydrogen-bond donors (Lipinski definition) is 1. The van der Waals surface area contributed by atoms with Crippen LogP contribution >= 0.6 is 0 Å². The summed E-state index contributed by atoms with van der Waals surface area (Å²) in [4.78, 5) is 15.2. The van der Waals surface area contributed by atoms with Gasteiger partial charge in [-0.1, -0.05) is 12.1 Å². The molecule has 3 unspecified atom stereocenters. The maximum atomic E-state index is 11.2. The molecule has 0 saturated carbocycles. The fraction of sp³-hybridized carbons (Fsp3) is 0.462. The van der Waals surface area contributed by atoms with Crippen LogP contribution in [0.1, 0.15) is 30.1 Å². The first-order chi connectivity index (χ1) is 16.5. The van der Waals surface area contributed by atoms with Gasteiger partial charge >= 0.3 is 6.09 Å². The Balaban J connectivity index is 1.39. The van der Waals surface area contributed by atoms with Gasteiger partial charge in [0.05, 0.1) is 25.9 Å². The van der Waals surface area contributed by atoms with Crippen LogP contribution in [-0.2, 0) is 0 Å². The van der Waals surface area contributed by atoms with Gasteiger partial charge in [-0.15, -0.1) is 0 Å². The van der Waals surface area contributed by atoms with E-state index in [1.807, 2.05) is 42.5 Å². The molecule has 1 N–H and O–H groups in total. The van der Waals surface area contributed by atoms with Gasteiger partial charge in [0.2, 0.25) is 0 Å². The Bertz CT molecular complexity index is 1020. The first-order valence-corrected chi connectivity index (χ1v) is 11.6. The molecule has 2 heterocycles. The van der Waals surface area contributed by atoms with Crippen molar-refractivity contribution in [1.29, 1.82) is 5.26 Å². The quantitative estimate of drug-likeness (QED) is 0.598. The lowest BCUT2D eigenvalue weighted by atomic mass is 10.0. The molecule has 3 atom stereocenters. The van der Waals surface area contributed by atoms with E-state index in [2.05, 4.69) is 11.0 Å². The molecule has 8 nitrogen and oxygen atoms in total. The highest BCUT2D eigenvalue weighted by atomic mass is 16.5. The summed E-state index contributed by atoms with van der Waals surface area (Å²) in [6.07, 6.45) is 0.780. The van der Waals surface area contributed by atoms with Crippen LogP contribution in [0.5, 0.6) is 17.2 Å². The van der Waals surface area contributed by atoms with E-state index in [-0.39, 0.29) is 6.10 Å². The van der Waals surface area contributed by atoms with Crippen molar-refractivity contribution in [2.24, 2.45) is 11.8 Å². The van der Waals surface area contributed by atoms with Crippen molar-refractivity contribution in [2.45, 2.75) is 18.9 Å². The minimum Gasteiger partial charge on any atom is -0.493 e. The van der Waals surface area contributed by atoms with Gasteiger partial charge in [0.15, 0.2) is 11.5 Å². The van der Waals surface area contributed by atoms with Gasteiger partial charge in [-0.05, 0) is 61.1 Å². The normalized spacial score (nSPS) is 20.4. The van der Waals surface area contributed by atoms with Crippen molar-refractivity contribution in [3.63, 3.8) is 0 Å². The number of likely N-dealkylation sites (tertiary alicyclic amines) is 2. The molecule has 0 aromatic heterocycles. The standard InChI is InChI=1S/C26H31N3O5/c1-32-24-10-9-22(12-25(24)33-2)34-23(19-7-5-18(13-27)6-8-19)4-3-11-28-14-20-16-29(26(30)31)17-21(20)15-28/h5-10,12,20-21,23H,3-4,11,14-17H2,1-2H3,(H,30,31). The maximum Gasteiger partial charge on any atom is 0.407 e. The van der Waals surface area contributed by atoms with Crippen LogP contribution in [0.25, 0.3) is 0 Å². The van der Waals surface area contributed by atoms with E-state index >= 15 is 0 Å². The number of ether oxygens (including phenoxy) is 3. The summed E-state index contributed by atoms with van der Waals surface area (Å²) in [7, 11) is 3.20. The highest BCUT2D eigenvalue weighted by Crippen LogP contribution is 2.35.